The number of pyridine rings is 1. The van der Waals surface area contributed by atoms with Gasteiger partial charge in [0, 0.05) is 26.0 Å². The zero-order valence-electron chi connectivity index (χ0n) is 10.7. The quantitative estimate of drug-likeness (QED) is 0.921. The molecular weight excluding hydrogens is 245 g/mol. The van der Waals surface area contributed by atoms with Crippen LogP contribution in [-0.2, 0) is 0 Å². The lowest BCUT2D eigenvalue weighted by Gasteiger charge is -2.18. The van der Waals surface area contributed by atoms with E-state index in [1.165, 1.54) is 17.0 Å². The largest absolute Gasteiger partial charge is 0.386 e. The summed E-state index contributed by atoms with van der Waals surface area (Å²) in [7, 11) is 3.33. The van der Waals surface area contributed by atoms with E-state index in [1.807, 2.05) is 0 Å². The molecule has 2 rings (SSSR count). The molecule has 1 N–H and O–H groups in total. The van der Waals surface area contributed by atoms with Crippen LogP contribution in [0, 0.1) is 5.82 Å². The second-order valence-electron chi connectivity index (χ2n) is 4.02. The molecule has 98 valence electrons. The first-order valence-electron chi connectivity index (χ1n) is 5.79. The average molecular weight is 259 g/mol. The van der Waals surface area contributed by atoms with Crippen LogP contribution in [-0.4, -0.2) is 25.0 Å². The molecule has 1 amide bonds. The fourth-order valence-electron chi connectivity index (χ4n) is 1.76. The smallest absolute Gasteiger partial charge is 0.260 e. The van der Waals surface area contributed by atoms with Crippen LogP contribution >= 0.6 is 0 Å². The van der Waals surface area contributed by atoms with Gasteiger partial charge in [-0.3, -0.25) is 9.78 Å². The normalized spacial score (nSPS) is 10.1. The van der Waals surface area contributed by atoms with Crippen molar-refractivity contribution in [1.29, 1.82) is 0 Å². The molecule has 1 aromatic heterocycles. The molecule has 1 heterocycles. The van der Waals surface area contributed by atoms with Gasteiger partial charge in [-0.2, -0.15) is 0 Å². The Bertz CT molecular complexity index is 601. The predicted molar refractivity (Wildman–Crippen MR) is 72.9 cm³/mol. The third-order valence-electron chi connectivity index (χ3n) is 2.82. The minimum atomic E-state index is -0.374. The molecule has 0 unspecified atom stereocenters. The summed E-state index contributed by atoms with van der Waals surface area (Å²) >= 11 is 0. The van der Waals surface area contributed by atoms with E-state index in [1.54, 1.807) is 44.7 Å². The summed E-state index contributed by atoms with van der Waals surface area (Å²) in [6.07, 6.45) is 3.13. The molecule has 0 aliphatic heterocycles. The molecule has 1 aromatic carbocycles. The van der Waals surface area contributed by atoms with E-state index < -0.39 is 0 Å². The monoisotopic (exact) mass is 259 g/mol. The Morgan fingerprint density at radius 1 is 1.37 bits per heavy atom. The summed E-state index contributed by atoms with van der Waals surface area (Å²) in [6, 6.07) is 7.54. The first kappa shape index (κ1) is 13.0. The molecule has 0 spiro atoms. The summed E-state index contributed by atoms with van der Waals surface area (Å²) in [6.45, 7) is 0. The molecule has 0 aliphatic rings. The van der Waals surface area contributed by atoms with Gasteiger partial charge in [0.15, 0.2) is 0 Å². The first-order valence-corrected chi connectivity index (χ1v) is 5.79. The Hall–Kier alpha value is -2.43. The van der Waals surface area contributed by atoms with E-state index in [9.17, 15) is 9.18 Å². The van der Waals surface area contributed by atoms with Crippen molar-refractivity contribution in [1.82, 2.24) is 4.98 Å². The van der Waals surface area contributed by atoms with Gasteiger partial charge in [-0.1, -0.05) is 6.07 Å². The number of nitrogens with zero attached hydrogens (tertiary/aromatic N) is 2. The van der Waals surface area contributed by atoms with Crippen LogP contribution in [0.15, 0.2) is 42.7 Å². The van der Waals surface area contributed by atoms with E-state index in [0.29, 0.717) is 16.9 Å². The highest BCUT2D eigenvalue weighted by Gasteiger charge is 2.16. The van der Waals surface area contributed by atoms with Crippen molar-refractivity contribution in [3.63, 3.8) is 0 Å². The van der Waals surface area contributed by atoms with Gasteiger partial charge < -0.3 is 10.2 Å². The van der Waals surface area contributed by atoms with Crippen LogP contribution in [0.25, 0.3) is 0 Å². The maximum Gasteiger partial charge on any atom is 0.260 e. The molecule has 4 nitrogen and oxygen atoms in total. The number of aromatic nitrogens is 1. The number of amides is 1. The van der Waals surface area contributed by atoms with Crippen LogP contribution in [0.4, 0.5) is 15.8 Å². The van der Waals surface area contributed by atoms with Crippen molar-refractivity contribution in [2.24, 2.45) is 0 Å². The van der Waals surface area contributed by atoms with E-state index in [2.05, 4.69) is 10.3 Å². The maximum atomic E-state index is 13.2. The van der Waals surface area contributed by atoms with Crippen LogP contribution in [0.3, 0.4) is 0 Å². The summed E-state index contributed by atoms with van der Waals surface area (Å²) in [5, 5.41) is 2.91. The lowest BCUT2D eigenvalue weighted by molar-refractivity contribution is 0.0993. The summed E-state index contributed by atoms with van der Waals surface area (Å²) in [5.41, 5.74) is 1.63. The Morgan fingerprint density at radius 3 is 2.84 bits per heavy atom. The summed E-state index contributed by atoms with van der Waals surface area (Å²) in [5.74, 6) is -0.599. The number of anilines is 2. The fourth-order valence-corrected chi connectivity index (χ4v) is 1.76. The number of nitrogens with one attached hydrogen (secondary N) is 1. The van der Waals surface area contributed by atoms with Gasteiger partial charge in [0.05, 0.1) is 17.4 Å². The molecule has 5 heteroatoms. The number of rotatable bonds is 3. The number of carbonyl (C=O) groups is 1. The minimum Gasteiger partial charge on any atom is -0.386 e. The van der Waals surface area contributed by atoms with Gasteiger partial charge >= 0.3 is 0 Å². The van der Waals surface area contributed by atoms with Crippen LogP contribution in [0.2, 0.25) is 0 Å². The second-order valence-corrected chi connectivity index (χ2v) is 4.02. The SMILES string of the molecule is CNc1cnccc1C(=O)N(C)c1cccc(F)c1. The van der Waals surface area contributed by atoms with Crippen LogP contribution in [0.5, 0.6) is 0 Å². The maximum absolute atomic E-state index is 13.2. The lowest BCUT2D eigenvalue weighted by atomic mass is 10.2. The fraction of sp³-hybridized carbons (Fsp3) is 0.143. The standard InChI is InChI=1S/C14H14FN3O/c1-16-13-9-17-7-6-12(13)14(19)18(2)11-5-3-4-10(15)8-11/h3-9,16H,1-2H3. The van der Waals surface area contributed by atoms with Crippen molar-refractivity contribution in [3.8, 4) is 0 Å². The molecule has 2 aromatic rings. The molecule has 0 fully saturated rings. The van der Waals surface area contributed by atoms with Crippen molar-refractivity contribution < 1.29 is 9.18 Å². The predicted octanol–water partition coefficient (Wildman–Crippen LogP) is 2.54. The van der Waals surface area contributed by atoms with Crippen molar-refractivity contribution in [2.45, 2.75) is 0 Å². The third kappa shape index (κ3) is 2.70. The van der Waals surface area contributed by atoms with Crippen molar-refractivity contribution in [2.75, 3.05) is 24.3 Å². The van der Waals surface area contributed by atoms with Gasteiger partial charge in [0.2, 0.25) is 0 Å². The van der Waals surface area contributed by atoms with E-state index in [4.69, 9.17) is 0 Å². The Morgan fingerprint density at radius 2 is 2.16 bits per heavy atom. The highest BCUT2D eigenvalue weighted by atomic mass is 19.1. The molecule has 19 heavy (non-hydrogen) atoms. The van der Waals surface area contributed by atoms with E-state index >= 15 is 0 Å². The Labute approximate surface area is 110 Å². The first-order chi connectivity index (χ1) is 9.13. The Balaban J connectivity index is 2.33. The highest BCUT2D eigenvalue weighted by molar-refractivity contribution is 6.09. The number of benzene rings is 1. The second kappa shape index (κ2) is 5.48. The minimum absolute atomic E-state index is 0.225. The molecule has 0 radical (unpaired) electrons. The van der Waals surface area contributed by atoms with Crippen molar-refractivity contribution >= 4 is 17.3 Å². The van der Waals surface area contributed by atoms with Crippen molar-refractivity contribution in [3.05, 3.63) is 54.1 Å². The van der Waals surface area contributed by atoms with Gasteiger partial charge in [0.1, 0.15) is 5.82 Å². The van der Waals surface area contributed by atoms with E-state index in [-0.39, 0.29) is 11.7 Å². The molecule has 0 bridgehead atoms. The summed E-state index contributed by atoms with van der Waals surface area (Å²) < 4.78 is 13.2. The lowest BCUT2D eigenvalue weighted by Crippen LogP contribution is -2.27. The zero-order chi connectivity index (χ0) is 13.8. The highest BCUT2D eigenvalue weighted by Crippen LogP contribution is 2.20. The molecule has 0 saturated heterocycles. The number of halogens is 1. The number of hydrogen-bond acceptors (Lipinski definition) is 3. The van der Waals surface area contributed by atoms with Gasteiger partial charge in [-0.15, -0.1) is 0 Å². The van der Waals surface area contributed by atoms with Crippen LogP contribution < -0.4 is 10.2 Å². The molecular formula is C14H14FN3O. The molecule has 0 atom stereocenters. The average Bonchev–Trinajstić information content (AvgIpc) is 2.45. The summed E-state index contributed by atoms with van der Waals surface area (Å²) in [4.78, 5) is 17.7. The van der Waals surface area contributed by atoms with Gasteiger partial charge in [-0.05, 0) is 24.3 Å². The zero-order valence-corrected chi connectivity index (χ0v) is 10.7. The van der Waals surface area contributed by atoms with Gasteiger partial charge in [-0.25, -0.2) is 4.39 Å². The third-order valence-corrected chi connectivity index (χ3v) is 2.82. The van der Waals surface area contributed by atoms with Gasteiger partial charge in [0.25, 0.3) is 5.91 Å². The topological polar surface area (TPSA) is 45.2 Å². The van der Waals surface area contributed by atoms with Crippen LogP contribution in [0.1, 0.15) is 10.4 Å². The number of carbonyl (C=O) groups excluding carboxylic acids is 1. The Kier molecular flexibility index (Phi) is 3.75. The molecule has 0 aliphatic carbocycles. The van der Waals surface area contributed by atoms with E-state index in [0.717, 1.165) is 0 Å². The number of hydrogen-bond donors (Lipinski definition) is 1. The molecule has 0 saturated carbocycles.